The van der Waals surface area contributed by atoms with Gasteiger partial charge in [0.05, 0.1) is 0 Å². The van der Waals surface area contributed by atoms with E-state index in [0.29, 0.717) is 11.7 Å². The molecule has 0 aromatic carbocycles. The molecular weight excluding hydrogens is 172 g/mol. The Morgan fingerprint density at radius 3 is 2.64 bits per heavy atom. The normalized spacial score (nSPS) is 32.2. The van der Waals surface area contributed by atoms with Crippen LogP contribution < -0.4 is 0 Å². The number of hydrogen-bond donors (Lipinski definition) is 0. The summed E-state index contributed by atoms with van der Waals surface area (Å²) in [6.07, 6.45) is 9.58. The molecule has 0 amide bonds. The van der Waals surface area contributed by atoms with E-state index in [4.69, 9.17) is 0 Å². The maximum atomic E-state index is 11.7. The second-order valence-electron chi connectivity index (χ2n) is 4.37. The van der Waals surface area contributed by atoms with Crippen molar-refractivity contribution in [2.24, 2.45) is 11.3 Å². The van der Waals surface area contributed by atoms with E-state index in [0.717, 1.165) is 19.3 Å². The van der Waals surface area contributed by atoms with E-state index in [-0.39, 0.29) is 5.41 Å². The van der Waals surface area contributed by atoms with Gasteiger partial charge in [-0.2, -0.15) is 0 Å². The van der Waals surface area contributed by atoms with E-state index in [1.54, 1.807) is 0 Å². The molecule has 0 saturated heterocycles. The van der Waals surface area contributed by atoms with Crippen LogP contribution in [-0.4, -0.2) is 5.78 Å². The van der Waals surface area contributed by atoms with E-state index >= 15 is 0 Å². The molecule has 1 aliphatic rings. The first kappa shape index (κ1) is 11.5. The predicted octanol–water partition coefficient (Wildman–Crippen LogP) is 3.74. The summed E-state index contributed by atoms with van der Waals surface area (Å²) >= 11 is 0. The van der Waals surface area contributed by atoms with Crippen LogP contribution in [0.2, 0.25) is 0 Å². The molecule has 0 radical (unpaired) electrons. The van der Waals surface area contributed by atoms with Crippen LogP contribution >= 0.6 is 0 Å². The van der Waals surface area contributed by atoms with E-state index < -0.39 is 0 Å². The van der Waals surface area contributed by atoms with E-state index in [9.17, 15) is 4.79 Å². The minimum Gasteiger partial charge on any atom is -0.299 e. The second kappa shape index (κ2) is 4.77. The van der Waals surface area contributed by atoms with Gasteiger partial charge in [0, 0.05) is 11.8 Å². The SMILES string of the molecule is C/C=C/C1CC(=O)C1(CC)CCCC. The first-order valence-electron chi connectivity index (χ1n) is 5.87. The van der Waals surface area contributed by atoms with E-state index in [1.807, 2.05) is 6.92 Å². The van der Waals surface area contributed by atoms with Crippen LogP contribution in [0.4, 0.5) is 0 Å². The largest absolute Gasteiger partial charge is 0.299 e. The summed E-state index contributed by atoms with van der Waals surface area (Å²) in [6, 6.07) is 0. The molecule has 1 fully saturated rings. The van der Waals surface area contributed by atoms with Crippen LogP contribution in [0, 0.1) is 11.3 Å². The predicted molar refractivity (Wildman–Crippen MR) is 60.2 cm³/mol. The molecule has 0 spiro atoms. The van der Waals surface area contributed by atoms with Gasteiger partial charge in [-0.15, -0.1) is 0 Å². The van der Waals surface area contributed by atoms with Crippen molar-refractivity contribution in [1.29, 1.82) is 0 Å². The molecule has 0 heterocycles. The molecule has 0 aliphatic heterocycles. The third kappa shape index (κ3) is 1.77. The van der Waals surface area contributed by atoms with Crippen LogP contribution in [-0.2, 0) is 4.79 Å². The summed E-state index contributed by atoms with van der Waals surface area (Å²) in [7, 11) is 0. The molecule has 0 aromatic heterocycles. The first-order chi connectivity index (χ1) is 6.71. The number of ketones is 1. The molecule has 2 atom stereocenters. The van der Waals surface area contributed by atoms with Crippen molar-refractivity contribution in [3.63, 3.8) is 0 Å². The lowest BCUT2D eigenvalue weighted by Gasteiger charge is -2.46. The average Bonchev–Trinajstić information content (AvgIpc) is 2.19. The fraction of sp³-hybridized carbons (Fsp3) is 0.769. The Bertz CT molecular complexity index is 229. The van der Waals surface area contributed by atoms with Crippen LogP contribution in [0.5, 0.6) is 0 Å². The smallest absolute Gasteiger partial charge is 0.140 e. The van der Waals surface area contributed by atoms with Gasteiger partial charge in [0.1, 0.15) is 5.78 Å². The summed E-state index contributed by atoms with van der Waals surface area (Å²) < 4.78 is 0. The Hall–Kier alpha value is -0.590. The third-order valence-corrected chi connectivity index (χ3v) is 3.70. The van der Waals surface area contributed by atoms with Crippen molar-refractivity contribution < 1.29 is 4.79 Å². The lowest BCUT2D eigenvalue weighted by atomic mass is 9.55. The molecule has 1 rings (SSSR count). The lowest BCUT2D eigenvalue weighted by molar-refractivity contribution is -0.144. The highest BCUT2D eigenvalue weighted by molar-refractivity contribution is 5.92. The lowest BCUT2D eigenvalue weighted by Crippen LogP contribution is -2.48. The van der Waals surface area contributed by atoms with Gasteiger partial charge in [0.2, 0.25) is 0 Å². The monoisotopic (exact) mass is 194 g/mol. The molecule has 1 nitrogen and oxygen atoms in total. The van der Waals surface area contributed by atoms with Crippen LogP contribution in [0.15, 0.2) is 12.2 Å². The Kier molecular flexibility index (Phi) is 3.91. The summed E-state index contributed by atoms with van der Waals surface area (Å²) in [5.41, 5.74) is 0.0164. The molecule has 0 aromatic rings. The van der Waals surface area contributed by atoms with Gasteiger partial charge in [-0.05, 0) is 25.7 Å². The van der Waals surface area contributed by atoms with Gasteiger partial charge < -0.3 is 0 Å². The zero-order valence-corrected chi connectivity index (χ0v) is 9.68. The summed E-state index contributed by atoms with van der Waals surface area (Å²) in [6.45, 7) is 6.39. The summed E-state index contributed by atoms with van der Waals surface area (Å²) in [5, 5.41) is 0. The number of carbonyl (C=O) groups is 1. The highest BCUT2D eigenvalue weighted by Gasteiger charge is 2.50. The van der Waals surface area contributed by atoms with Crippen molar-refractivity contribution in [1.82, 2.24) is 0 Å². The van der Waals surface area contributed by atoms with Gasteiger partial charge >= 0.3 is 0 Å². The first-order valence-corrected chi connectivity index (χ1v) is 5.87. The minimum atomic E-state index is 0.0164. The summed E-state index contributed by atoms with van der Waals surface area (Å²) in [4.78, 5) is 11.7. The molecular formula is C13H22O. The molecule has 2 unspecified atom stereocenters. The quantitative estimate of drug-likeness (QED) is 0.609. The second-order valence-corrected chi connectivity index (χ2v) is 4.37. The molecule has 1 saturated carbocycles. The summed E-state index contributed by atoms with van der Waals surface area (Å²) in [5.74, 6) is 1.02. The Balaban J connectivity index is 2.68. The van der Waals surface area contributed by atoms with Crippen molar-refractivity contribution in [2.75, 3.05) is 0 Å². The molecule has 1 heteroatoms. The Labute approximate surface area is 87.6 Å². The van der Waals surface area contributed by atoms with Gasteiger partial charge in [-0.1, -0.05) is 38.8 Å². The van der Waals surface area contributed by atoms with Gasteiger partial charge in [0.15, 0.2) is 0 Å². The van der Waals surface area contributed by atoms with Crippen LogP contribution in [0.3, 0.4) is 0 Å². The molecule has 0 N–H and O–H groups in total. The standard InChI is InChI=1S/C13H22O/c1-4-7-9-13(6-3)11(8-5-2)10-12(13)14/h5,8,11H,4,6-7,9-10H2,1-3H3/b8-5+. The van der Waals surface area contributed by atoms with Crippen molar-refractivity contribution >= 4 is 5.78 Å². The fourth-order valence-corrected chi connectivity index (χ4v) is 2.61. The van der Waals surface area contributed by atoms with Gasteiger partial charge in [-0.3, -0.25) is 4.79 Å². The number of allylic oxidation sites excluding steroid dienone is 2. The maximum absolute atomic E-state index is 11.7. The highest BCUT2D eigenvalue weighted by atomic mass is 16.1. The number of Topliss-reactive ketones (excluding diaryl/α,β-unsaturated/α-hetero) is 1. The topological polar surface area (TPSA) is 17.1 Å². The van der Waals surface area contributed by atoms with Crippen molar-refractivity contribution in [2.45, 2.75) is 52.9 Å². The average molecular weight is 194 g/mol. The Morgan fingerprint density at radius 2 is 2.21 bits per heavy atom. The van der Waals surface area contributed by atoms with E-state index in [2.05, 4.69) is 26.0 Å². The molecule has 0 bridgehead atoms. The third-order valence-electron chi connectivity index (χ3n) is 3.70. The highest BCUT2D eigenvalue weighted by Crippen LogP contribution is 2.50. The fourth-order valence-electron chi connectivity index (χ4n) is 2.61. The van der Waals surface area contributed by atoms with Crippen molar-refractivity contribution in [3.8, 4) is 0 Å². The van der Waals surface area contributed by atoms with Crippen LogP contribution in [0.25, 0.3) is 0 Å². The number of carbonyl (C=O) groups excluding carboxylic acids is 1. The number of hydrogen-bond acceptors (Lipinski definition) is 1. The molecule has 80 valence electrons. The van der Waals surface area contributed by atoms with Gasteiger partial charge in [0.25, 0.3) is 0 Å². The van der Waals surface area contributed by atoms with E-state index in [1.165, 1.54) is 12.8 Å². The zero-order valence-electron chi connectivity index (χ0n) is 9.68. The number of rotatable bonds is 5. The van der Waals surface area contributed by atoms with Gasteiger partial charge in [-0.25, -0.2) is 0 Å². The molecule has 14 heavy (non-hydrogen) atoms. The zero-order chi connectivity index (χ0) is 10.6. The minimum absolute atomic E-state index is 0.0164. The van der Waals surface area contributed by atoms with Crippen LogP contribution in [0.1, 0.15) is 52.9 Å². The Morgan fingerprint density at radius 1 is 1.50 bits per heavy atom. The number of unbranched alkanes of at least 4 members (excludes halogenated alkanes) is 1. The molecule has 1 aliphatic carbocycles. The maximum Gasteiger partial charge on any atom is 0.140 e. The van der Waals surface area contributed by atoms with Crippen molar-refractivity contribution in [3.05, 3.63) is 12.2 Å².